The molecule has 2 heterocycles. The maximum Gasteiger partial charge on any atom is 0.265 e. The van der Waals surface area contributed by atoms with Crippen LogP contribution in [0.5, 0.6) is 5.75 Å². The number of ether oxygens (including phenoxy) is 2. The average Bonchev–Trinajstić information content (AvgIpc) is 2.54. The van der Waals surface area contributed by atoms with Crippen LogP contribution < -0.4 is 15.4 Å². The number of hydrogen-bond donors (Lipinski definition) is 1. The standard InChI is InChI=1S/C15H19N3O4/c16-14(19)10-18-9-13(15(20)17-5-7-21-8-6-17)22-12-4-2-1-3-11(12)18/h1-4,13H,5-10H2,(H2,16,19)/t13-/m0/s1. The van der Waals surface area contributed by atoms with Crippen molar-refractivity contribution >= 4 is 17.5 Å². The number of para-hydroxylation sites is 2. The topological polar surface area (TPSA) is 85.1 Å². The van der Waals surface area contributed by atoms with Crippen molar-refractivity contribution < 1.29 is 19.1 Å². The van der Waals surface area contributed by atoms with Gasteiger partial charge in [0.05, 0.1) is 32.0 Å². The molecule has 1 fully saturated rings. The molecule has 0 aromatic heterocycles. The highest BCUT2D eigenvalue weighted by Gasteiger charge is 2.34. The van der Waals surface area contributed by atoms with Crippen molar-refractivity contribution in [1.82, 2.24) is 4.90 Å². The Kier molecular flexibility index (Phi) is 4.15. The molecule has 0 radical (unpaired) electrons. The summed E-state index contributed by atoms with van der Waals surface area (Å²) in [5, 5.41) is 0. The molecule has 2 amide bonds. The lowest BCUT2D eigenvalue weighted by molar-refractivity contribution is -0.142. The number of anilines is 1. The quantitative estimate of drug-likeness (QED) is 0.821. The zero-order valence-electron chi connectivity index (χ0n) is 12.2. The van der Waals surface area contributed by atoms with Crippen LogP contribution in [0.1, 0.15) is 0 Å². The van der Waals surface area contributed by atoms with E-state index in [9.17, 15) is 9.59 Å². The first-order valence-electron chi connectivity index (χ1n) is 7.30. The summed E-state index contributed by atoms with van der Waals surface area (Å²) in [6.45, 7) is 2.59. The number of amides is 2. The number of carbonyl (C=O) groups excluding carboxylic acids is 2. The smallest absolute Gasteiger partial charge is 0.265 e. The number of rotatable bonds is 3. The monoisotopic (exact) mass is 305 g/mol. The molecule has 0 unspecified atom stereocenters. The van der Waals surface area contributed by atoms with E-state index in [0.717, 1.165) is 5.69 Å². The molecule has 0 saturated carbocycles. The van der Waals surface area contributed by atoms with Crippen molar-refractivity contribution in [3.63, 3.8) is 0 Å². The molecule has 1 atom stereocenters. The Labute approximate surface area is 128 Å². The number of nitrogens with two attached hydrogens (primary N) is 1. The second-order valence-corrected chi connectivity index (χ2v) is 5.36. The normalized spacial score (nSPS) is 21.0. The number of nitrogens with zero attached hydrogens (tertiary/aromatic N) is 2. The molecular formula is C15H19N3O4. The van der Waals surface area contributed by atoms with Crippen LogP contribution in [-0.2, 0) is 14.3 Å². The van der Waals surface area contributed by atoms with Crippen LogP contribution in [0.15, 0.2) is 24.3 Å². The maximum absolute atomic E-state index is 12.6. The van der Waals surface area contributed by atoms with Crippen LogP contribution in [-0.4, -0.2) is 62.2 Å². The summed E-state index contributed by atoms with van der Waals surface area (Å²) in [5.41, 5.74) is 6.10. The van der Waals surface area contributed by atoms with Gasteiger partial charge in [-0.25, -0.2) is 0 Å². The van der Waals surface area contributed by atoms with Crippen molar-refractivity contribution in [1.29, 1.82) is 0 Å². The van der Waals surface area contributed by atoms with Crippen LogP contribution in [0.4, 0.5) is 5.69 Å². The lowest BCUT2D eigenvalue weighted by Gasteiger charge is -2.37. The van der Waals surface area contributed by atoms with E-state index in [1.165, 1.54) is 0 Å². The predicted molar refractivity (Wildman–Crippen MR) is 79.7 cm³/mol. The molecular weight excluding hydrogens is 286 g/mol. The third kappa shape index (κ3) is 2.99. The third-order valence-electron chi connectivity index (χ3n) is 3.81. The summed E-state index contributed by atoms with van der Waals surface area (Å²) >= 11 is 0. The van der Waals surface area contributed by atoms with E-state index in [1.807, 2.05) is 18.2 Å². The summed E-state index contributed by atoms with van der Waals surface area (Å²) in [7, 11) is 0. The first kappa shape index (κ1) is 14.6. The van der Waals surface area contributed by atoms with Gasteiger partial charge in [-0.2, -0.15) is 0 Å². The first-order chi connectivity index (χ1) is 10.6. The van der Waals surface area contributed by atoms with Crippen molar-refractivity contribution in [2.24, 2.45) is 5.73 Å². The molecule has 0 bridgehead atoms. The molecule has 2 N–H and O–H groups in total. The van der Waals surface area contributed by atoms with Gasteiger partial charge in [-0.3, -0.25) is 9.59 Å². The summed E-state index contributed by atoms with van der Waals surface area (Å²) in [6.07, 6.45) is -0.632. The van der Waals surface area contributed by atoms with Crippen molar-refractivity contribution in [3.8, 4) is 5.75 Å². The third-order valence-corrected chi connectivity index (χ3v) is 3.81. The second-order valence-electron chi connectivity index (χ2n) is 5.36. The SMILES string of the molecule is NC(=O)CN1C[C@@H](C(=O)N2CCOCC2)Oc2ccccc21. The molecule has 118 valence electrons. The minimum absolute atomic E-state index is 0.0628. The van der Waals surface area contributed by atoms with Crippen molar-refractivity contribution in [2.75, 3.05) is 44.3 Å². The van der Waals surface area contributed by atoms with Crippen LogP contribution in [0, 0.1) is 0 Å². The van der Waals surface area contributed by atoms with E-state index in [-0.39, 0.29) is 12.5 Å². The Balaban J connectivity index is 1.79. The molecule has 2 aliphatic heterocycles. The number of carbonyl (C=O) groups is 2. The van der Waals surface area contributed by atoms with Gasteiger partial charge in [0.25, 0.3) is 5.91 Å². The minimum Gasteiger partial charge on any atom is -0.477 e. The molecule has 7 heteroatoms. The van der Waals surface area contributed by atoms with Gasteiger partial charge < -0.3 is 25.0 Å². The number of morpholine rings is 1. The zero-order chi connectivity index (χ0) is 15.5. The van der Waals surface area contributed by atoms with Gasteiger partial charge in [0.2, 0.25) is 5.91 Å². The Hall–Kier alpha value is -2.28. The van der Waals surface area contributed by atoms with E-state index < -0.39 is 12.0 Å². The van der Waals surface area contributed by atoms with Gasteiger partial charge in [-0.1, -0.05) is 12.1 Å². The van der Waals surface area contributed by atoms with Gasteiger partial charge in [0.1, 0.15) is 5.75 Å². The summed E-state index contributed by atoms with van der Waals surface area (Å²) in [5.74, 6) is 0.0863. The van der Waals surface area contributed by atoms with Crippen LogP contribution in [0.3, 0.4) is 0 Å². The van der Waals surface area contributed by atoms with Crippen LogP contribution >= 0.6 is 0 Å². The van der Waals surface area contributed by atoms with E-state index >= 15 is 0 Å². The number of hydrogen-bond acceptors (Lipinski definition) is 5. The lowest BCUT2D eigenvalue weighted by atomic mass is 10.1. The molecule has 0 aliphatic carbocycles. The molecule has 2 aliphatic rings. The average molecular weight is 305 g/mol. The second kappa shape index (κ2) is 6.23. The van der Waals surface area contributed by atoms with Crippen molar-refractivity contribution in [3.05, 3.63) is 24.3 Å². The molecule has 0 spiro atoms. The summed E-state index contributed by atoms with van der Waals surface area (Å²) in [6, 6.07) is 7.35. The fourth-order valence-corrected chi connectivity index (χ4v) is 2.76. The van der Waals surface area contributed by atoms with Gasteiger partial charge in [0.15, 0.2) is 6.10 Å². The lowest BCUT2D eigenvalue weighted by Crippen LogP contribution is -2.54. The summed E-state index contributed by atoms with van der Waals surface area (Å²) in [4.78, 5) is 27.4. The van der Waals surface area contributed by atoms with Gasteiger partial charge in [0, 0.05) is 13.1 Å². The highest BCUT2D eigenvalue weighted by Crippen LogP contribution is 2.33. The minimum atomic E-state index is -0.632. The van der Waals surface area contributed by atoms with Gasteiger partial charge >= 0.3 is 0 Å². The van der Waals surface area contributed by atoms with Crippen molar-refractivity contribution in [2.45, 2.75) is 6.10 Å². The highest BCUT2D eigenvalue weighted by atomic mass is 16.5. The molecule has 22 heavy (non-hydrogen) atoms. The molecule has 7 nitrogen and oxygen atoms in total. The highest BCUT2D eigenvalue weighted by molar-refractivity contribution is 5.85. The fourth-order valence-electron chi connectivity index (χ4n) is 2.76. The predicted octanol–water partition coefficient (Wildman–Crippen LogP) is -0.402. The van der Waals surface area contributed by atoms with E-state index in [1.54, 1.807) is 15.9 Å². The number of primary amides is 1. The van der Waals surface area contributed by atoms with Crippen LogP contribution in [0.2, 0.25) is 0 Å². The van der Waals surface area contributed by atoms with Crippen LogP contribution in [0.25, 0.3) is 0 Å². The van der Waals surface area contributed by atoms with Gasteiger partial charge in [-0.05, 0) is 12.1 Å². The zero-order valence-corrected chi connectivity index (χ0v) is 12.2. The van der Waals surface area contributed by atoms with Gasteiger partial charge in [-0.15, -0.1) is 0 Å². The largest absolute Gasteiger partial charge is 0.477 e. The maximum atomic E-state index is 12.6. The van der Waals surface area contributed by atoms with E-state index in [4.69, 9.17) is 15.2 Å². The Morgan fingerprint density at radius 3 is 2.68 bits per heavy atom. The molecule has 1 aromatic rings. The molecule has 3 rings (SSSR count). The molecule has 1 saturated heterocycles. The number of benzene rings is 1. The Bertz CT molecular complexity index is 572. The Morgan fingerprint density at radius 2 is 1.95 bits per heavy atom. The van der Waals surface area contributed by atoms with E-state index in [0.29, 0.717) is 38.6 Å². The molecule has 1 aromatic carbocycles. The summed E-state index contributed by atoms with van der Waals surface area (Å²) < 4.78 is 11.1. The fraction of sp³-hybridized carbons (Fsp3) is 0.467. The number of fused-ring (bicyclic) bond motifs is 1. The van der Waals surface area contributed by atoms with E-state index in [2.05, 4.69) is 0 Å². The first-order valence-corrected chi connectivity index (χ1v) is 7.30. The Morgan fingerprint density at radius 1 is 1.23 bits per heavy atom.